The van der Waals surface area contributed by atoms with Gasteiger partial charge < -0.3 is 23.5 Å². The van der Waals surface area contributed by atoms with Crippen molar-refractivity contribution in [2.24, 2.45) is 0 Å². The molecular weight excluding hydrogens is 580 g/mol. The molecule has 3 aromatic carbocycles. The molecule has 42 heavy (non-hydrogen) atoms. The standard InChI is InChI=1S/C24H30O6S.C7H8O3S/c1-23(2,3)29-21(25)15-27-17-7-11-19(12-8-17)31-20-13-9-18(10-14-20)28-16-22(26)30-24(4,5)6;1-6-2-4-7(5-3-6)11(8,9)10/h7-14H,15-16H2,1-6H3;2-5H,1H3,(H,8,9,10). The number of rotatable bonds is 9. The summed E-state index contributed by atoms with van der Waals surface area (Å²) in [5, 5.41) is 0. The van der Waals surface area contributed by atoms with Gasteiger partial charge in [0, 0.05) is 11.8 Å². The van der Waals surface area contributed by atoms with Crippen molar-refractivity contribution >= 4 is 33.8 Å². The van der Waals surface area contributed by atoms with Gasteiger partial charge in [-0.05, 0) is 109 Å². The number of benzene rings is 3. The molecule has 0 heterocycles. The highest BCUT2D eigenvalue weighted by Gasteiger charge is 2.18. The first-order valence-corrected chi connectivity index (χ1v) is 15.3. The monoisotopic (exact) mass is 618 g/mol. The Balaban J connectivity index is 0.000000468. The fourth-order valence-corrected chi connectivity index (χ4v) is 4.48. The van der Waals surface area contributed by atoms with Crippen molar-refractivity contribution in [3.05, 3.63) is 78.4 Å². The smallest absolute Gasteiger partial charge is 0.344 e. The lowest BCUT2D eigenvalue weighted by Gasteiger charge is -2.19. The average Bonchev–Trinajstić information content (AvgIpc) is 2.86. The van der Waals surface area contributed by atoms with Crippen molar-refractivity contribution in [2.45, 2.75) is 74.4 Å². The van der Waals surface area contributed by atoms with E-state index in [0.29, 0.717) is 11.5 Å². The third-order valence-electron chi connectivity index (χ3n) is 4.79. The molecule has 0 atom stereocenters. The molecule has 0 N–H and O–H groups in total. The molecule has 0 aromatic heterocycles. The predicted molar refractivity (Wildman–Crippen MR) is 160 cm³/mol. The van der Waals surface area contributed by atoms with E-state index in [9.17, 15) is 22.6 Å². The fraction of sp³-hybridized carbons (Fsp3) is 0.355. The molecule has 0 aliphatic carbocycles. The maximum atomic E-state index is 11.7. The molecule has 3 aromatic rings. The second kappa shape index (κ2) is 15.1. The van der Waals surface area contributed by atoms with Crippen LogP contribution in [0.2, 0.25) is 0 Å². The van der Waals surface area contributed by atoms with Crippen molar-refractivity contribution in [1.29, 1.82) is 0 Å². The minimum absolute atomic E-state index is 0.126. The van der Waals surface area contributed by atoms with Crippen molar-refractivity contribution in [3.63, 3.8) is 0 Å². The molecular formula is C31H38O9S2. The Morgan fingerprint density at radius 2 is 1.02 bits per heavy atom. The Hall–Kier alpha value is -3.54. The number of ether oxygens (including phenoxy) is 4. The molecule has 0 amide bonds. The molecule has 11 heteroatoms. The largest absolute Gasteiger partial charge is 0.744 e. The molecule has 0 bridgehead atoms. The molecule has 0 saturated carbocycles. The maximum absolute atomic E-state index is 11.7. The third-order valence-corrected chi connectivity index (χ3v) is 6.76. The summed E-state index contributed by atoms with van der Waals surface area (Å²) in [6, 6.07) is 20.9. The van der Waals surface area contributed by atoms with E-state index in [1.54, 1.807) is 12.1 Å². The lowest BCUT2D eigenvalue weighted by Crippen LogP contribution is -2.27. The molecule has 0 fully saturated rings. The Morgan fingerprint density at radius 3 is 1.33 bits per heavy atom. The van der Waals surface area contributed by atoms with Crippen LogP contribution in [0, 0.1) is 6.92 Å². The summed E-state index contributed by atoms with van der Waals surface area (Å²) in [6.07, 6.45) is 0. The van der Waals surface area contributed by atoms with E-state index in [2.05, 4.69) is 0 Å². The van der Waals surface area contributed by atoms with Crippen LogP contribution < -0.4 is 9.47 Å². The summed E-state index contributed by atoms with van der Waals surface area (Å²) < 4.78 is 52.6. The third kappa shape index (κ3) is 14.4. The average molecular weight is 619 g/mol. The summed E-state index contributed by atoms with van der Waals surface area (Å²) in [5.41, 5.74) is -0.128. The Labute approximate surface area is 252 Å². The summed E-state index contributed by atoms with van der Waals surface area (Å²) in [7, 11) is -4.27. The van der Waals surface area contributed by atoms with Crippen molar-refractivity contribution in [3.8, 4) is 11.5 Å². The van der Waals surface area contributed by atoms with Crippen LogP contribution in [-0.4, -0.2) is 49.3 Å². The van der Waals surface area contributed by atoms with Crippen molar-refractivity contribution in [1.82, 2.24) is 0 Å². The molecule has 0 aliphatic heterocycles. The fourth-order valence-electron chi connectivity index (χ4n) is 3.11. The Morgan fingerprint density at radius 1 is 0.667 bits per heavy atom. The first-order valence-electron chi connectivity index (χ1n) is 13.0. The minimum atomic E-state index is -4.27. The highest BCUT2D eigenvalue weighted by Crippen LogP contribution is 2.20. The summed E-state index contributed by atoms with van der Waals surface area (Å²) in [4.78, 5) is 25.4. The van der Waals surface area contributed by atoms with Gasteiger partial charge in [-0.1, -0.05) is 17.7 Å². The molecule has 0 radical (unpaired) electrons. The molecule has 3 rings (SSSR count). The van der Waals surface area contributed by atoms with E-state index in [-0.39, 0.29) is 18.1 Å². The number of hydrogen-bond acceptors (Lipinski definition) is 9. The lowest BCUT2D eigenvalue weighted by atomic mass is 10.2. The van der Waals surface area contributed by atoms with Crippen LogP contribution in [0.25, 0.3) is 0 Å². The van der Waals surface area contributed by atoms with Gasteiger partial charge in [-0.2, -0.15) is 0 Å². The highest BCUT2D eigenvalue weighted by molar-refractivity contribution is 7.85. The zero-order valence-corrected chi connectivity index (χ0v) is 26.6. The van der Waals surface area contributed by atoms with Gasteiger partial charge in [0.25, 0.3) is 0 Å². The number of aryl methyl sites for hydroxylation is 1. The molecule has 0 spiro atoms. The zero-order chi connectivity index (χ0) is 31.6. The lowest BCUT2D eigenvalue weighted by molar-refractivity contribution is -0.158. The van der Waals surface area contributed by atoms with Gasteiger partial charge in [-0.15, -0.1) is 0 Å². The predicted octanol–water partition coefficient (Wildman–Crippen LogP) is 5.26. The van der Waals surface area contributed by atoms with Crippen molar-refractivity contribution < 1.29 is 41.5 Å². The Bertz CT molecular complexity index is 1330. The van der Waals surface area contributed by atoms with Crippen LogP contribution in [0.4, 0.5) is 0 Å². The van der Waals surface area contributed by atoms with E-state index in [1.165, 1.54) is 12.1 Å². The molecule has 0 saturated heterocycles. The summed E-state index contributed by atoms with van der Waals surface area (Å²) >= 11 is 1.01. The second-order valence-electron chi connectivity index (χ2n) is 11.1. The van der Waals surface area contributed by atoms with Gasteiger partial charge in [0.15, 0.2) is 23.0 Å². The summed E-state index contributed by atoms with van der Waals surface area (Å²) in [5.74, 6) is 0.416. The van der Waals surface area contributed by atoms with Crippen LogP contribution in [0.1, 0.15) is 47.1 Å². The maximum Gasteiger partial charge on any atom is 0.344 e. The van der Waals surface area contributed by atoms with Gasteiger partial charge in [0.2, 0.25) is 0 Å². The van der Waals surface area contributed by atoms with Crippen LogP contribution in [0.3, 0.4) is 0 Å². The van der Waals surface area contributed by atoms with Crippen LogP contribution in [0.15, 0.2) is 87.5 Å². The van der Waals surface area contributed by atoms with Crippen LogP contribution in [0.5, 0.6) is 11.5 Å². The number of esters is 2. The number of carbonyl (C=O) groups is 2. The van der Waals surface area contributed by atoms with Gasteiger partial charge in [-0.3, -0.25) is 0 Å². The highest BCUT2D eigenvalue weighted by atomic mass is 32.2. The van der Waals surface area contributed by atoms with E-state index < -0.39 is 33.3 Å². The molecule has 0 aliphatic rings. The Kier molecular flexibility index (Phi) is 12.4. The van der Waals surface area contributed by atoms with E-state index in [1.807, 2.05) is 97.0 Å². The minimum Gasteiger partial charge on any atom is -0.744 e. The number of carbonyl (C=O) groups excluding carboxylic acids is 2. The normalized spacial score (nSPS) is 11.5. The number of thiol groups is 1. The van der Waals surface area contributed by atoms with Gasteiger partial charge >= 0.3 is 11.9 Å². The topological polar surface area (TPSA) is 128 Å². The summed E-state index contributed by atoms with van der Waals surface area (Å²) in [6.45, 7) is 12.5. The van der Waals surface area contributed by atoms with Gasteiger partial charge in [0.1, 0.15) is 32.8 Å². The van der Waals surface area contributed by atoms with Gasteiger partial charge in [0.05, 0.1) is 4.90 Å². The SMILES string of the molecule is CC(C)(C)OC(=O)COc1ccc([SH+]c2ccc(OCC(=O)OC(C)(C)C)cc2)cc1.Cc1ccc(S(=O)(=O)[O-])cc1. The first kappa shape index (κ1) is 34.7. The van der Waals surface area contributed by atoms with E-state index >= 15 is 0 Å². The van der Waals surface area contributed by atoms with Crippen molar-refractivity contribution in [2.75, 3.05) is 13.2 Å². The van der Waals surface area contributed by atoms with E-state index in [4.69, 9.17) is 18.9 Å². The molecule has 228 valence electrons. The van der Waals surface area contributed by atoms with Gasteiger partial charge in [-0.25, -0.2) is 18.0 Å². The van der Waals surface area contributed by atoms with Crippen LogP contribution in [-0.2, 0) is 40.9 Å². The van der Waals surface area contributed by atoms with Crippen LogP contribution >= 0.6 is 0 Å². The molecule has 9 nitrogen and oxygen atoms in total. The second-order valence-corrected chi connectivity index (χ2v) is 13.8. The zero-order valence-electron chi connectivity index (χ0n) is 24.9. The first-order chi connectivity index (χ1) is 19.4. The quantitative estimate of drug-likeness (QED) is 0.137. The number of hydrogen-bond donors (Lipinski definition) is 0. The molecule has 0 unspecified atom stereocenters. The van der Waals surface area contributed by atoms with E-state index in [0.717, 1.165) is 27.1 Å².